The molecule has 3 heteroatoms. The van der Waals surface area contributed by atoms with Crippen molar-refractivity contribution >= 4 is 5.97 Å². The van der Waals surface area contributed by atoms with E-state index in [9.17, 15) is 4.79 Å². The van der Waals surface area contributed by atoms with Gasteiger partial charge in [0.25, 0.3) is 0 Å². The van der Waals surface area contributed by atoms with Gasteiger partial charge in [-0.2, -0.15) is 0 Å². The van der Waals surface area contributed by atoms with Crippen LogP contribution in [0.5, 0.6) is 0 Å². The molecule has 3 nitrogen and oxygen atoms in total. The van der Waals surface area contributed by atoms with Gasteiger partial charge in [0.15, 0.2) is 0 Å². The SMILES string of the molecule is C=CC(=O)OCCC1COC1C. The fraction of sp³-hybridized carbons (Fsp3) is 0.667. The standard InChI is InChI=1S/C9H14O3/c1-3-9(10)11-5-4-8-6-12-7(8)2/h3,7-8H,1,4-6H2,2H3. The molecule has 1 saturated heterocycles. The summed E-state index contributed by atoms with van der Waals surface area (Å²) < 4.78 is 10.00. The topological polar surface area (TPSA) is 35.5 Å². The third-order valence-electron chi connectivity index (χ3n) is 2.14. The third-order valence-corrected chi connectivity index (χ3v) is 2.14. The molecule has 0 radical (unpaired) electrons. The van der Waals surface area contributed by atoms with E-state index in [1.165, 1.54) is 6.08 Å². The molecule has 2 unspecified atom stereocenters. The largest absolute Gasteiger partial charge is 0.463 e. The van der Waals surface area contributed by atoms with Gasteiger partial charge in [-0.25, -0.2) is 4.79 Å². The Balaban J connectivity index is 2.02. The lowest BCUT2D eigenvalue weighted by molar-refractivity contribution is -0.142. The molecular formula is C9H14O3. The molecule has 0 saturated carbocycles. The number of carbonyl (C=O) groups is 1. The van der Waals surface area contributed by atoms with Gasteiger partial charge in [-0.15, -0.1) is 0 Å². The van der Waals surface area contributed by atoms with Crippen molar-refractivity contribution in [1.29, 1.82) is 0 Å². The predicted molar refractivity (Wildman–Crippen MR) is 44.7 cm³/mol. The molecule has 12 heavy (non-hydrogen) atoms. The van der Waals surface area contributed by atoms with Crippen molar-refractivity contribution in [2.24, 2.45) is 5.92 Å². The number of hydrogen-bond acceptors (Lipinski definition) is 3. The van der Waals surface area contributed by atoms with E-state index in [4.69, 9.17) is 9.47 Å². The molecular weight excluding hydrogens is 156 g/mol. The first kappa shape index (κ1) is 9.26. The fourth-order valence-electron chi connectivity index (χ4n) is 1.11. The number of hydrogen-bond donors (Lipinski definition) is 0. The molecule has 1 rings (SSSR count). The van der Waals surface area contributed by atoms with Crippen LogP contribution < -0.4 is 0 Å². The van der Waals surface area contributed by atoms with E-state index in [-0.39, 0.29) is 5.97 Å². The van der Waals surface area contributed by atoms with E-state index in [0.717, 1.165) is 13.0 Å². The summed E-state index contributed by atoms with van der Waals surface area (Å²) in [6.07, 6.45) is 2.40. The van der Waals surface area contributed by atoms with Crippen LogP contribution in [-0.4, -0.2) is 25.3 Å². The Bertz CT molecular complexity index is 177. The number of rotatable bonds is 4. The van der Waals surface area contributed by atoms with Crippen molar-refractivity contribution in [3.05, 3.63) is 12.7 Å². The van der Waals surface area contributed by atoms with Crippen molar-refractivity contribution in [1.82, 2.24) is 0 Å². The molecule has 0 amide bonds. The second kappa shape index (κ2) is 4.26. The Labute approximate surface area is 72.4 Å². The molecule has 0 spiro atoms. The maximum Gasteiger partial charge on any atom is 0.330 e. The minimum Gasteiger partial charge on any atom is -0.463 e. The second-order valence-electron chi connectivity index (χ2n) is 2.96. The van der Waals surface area contributed by atoms with Crippen LogP contribution in [0.2, 0.25) is 0 Å². The first-order chi connectivity index (χ1) is 5.74. The van der Waals surface area contributed by atoms with Crippen LogP contribution in [0.3, 0.4) is 0 Å². The normalized spacial score (nSPS) is 27.4. The Morgan fingerprint density at radius 1 is 1.83 bits per heavy atom. The van der Waals surface area contributed by atoms with Crippen LogP contribution in [-0.2, 0) is 14.3 Å². The molecule has 0 aromatic carbocycles. The minimum absolute atomic E-state index is 0.326. The summed E-state index contributed by atoms with van der Waals surface area (Å²) in [6, 6.07) is 0. The number of carbonyl (C=O) groups excluding carboxylic acids is 1. The first-order valence-corrected chi connectivity index (χ1v) is 4.15. The summed E-state index contributed by atoms with van der Waals surface area (Å²) in [5, 5.41) is 0. The Morgan fingerprint density at radius 2 is 2.58 bits per heavy atom. The van der Waals surface area contributed by atoms with E-state index in [1.54, 1.807) is 0 Å². The van der Waals surface area contributed by atoms with Gasteiger partial charge in [0.05, 0.1) is 19.3 Å². The van der Waals surface area contributed by atoms with Crippen molar-refractivity contribution in [3.63, 3.8) is 0 Å². The smallest absolute Gasteiger partial charge is 0.330 e. The Hall–Kier alpha value is -0.830. The van der Waals surface area contributed by atoms with Gasteiger partial charge in [0.1, 0.15) is 0 Å². The molecule has 1 aliphatic rings. The molecule has 1 aliphatic heterocycles. The van der Waals surface area contributed by atoms with E-state index < -0.39 is 0 Å². The summed E-state index contributed by atoms with van der Waals surface area (Å²) in [6.45, 7) is 6.61. The molecule has 2 atom stereocenters. The monoisotopic (exact) mass is 170 g/mol. The minimum atomic E-state index is -0.345. The van der Waals surface area contributed by atoms with Gasteiger partial charge >= 0.3 is 5.97 Å². The van der Waals surface area contributed by atoms with Crippen molar-refractivity contribution in [2.45, 2.75) is 19.4 Å². The van der Waals surface area contributed by atoms with Gasteiger partial charge in [-0.05, 0) is 13.3 Å². The molecule has 0 N–H and O–H groups in total. The van der Waals surface area contributed by atoms with Crippen LogP contribution >= 0.6 is 0 Å². The quantitative estimate of drug-likeness (QED) is 0.469. The lowest BCUT2D eigenvalue weighted by Crippen LogP contribution is -2.37. The third kappa shape index (κ3) is 2.34. The van der Waals surface area contributed by atoms with Crippen LogP contribution in [0.1, 0.15) is 13.3 Å². The van der Waals surface area contributed by atoms with Crippen LogP contribution in [0.15, 0.2) is 12.7 Å². The van der Waals surface area contributed by atoms with Gasteiger partial charge in [0, 0.05) is 12.0 Å². The van der Waals surface area contributed by atoms with Gasteiger partial charge in [-0.3, -0.25) is 0 Å². The number of esters is 1. The Kier molecular flexibility index (Phi) is 3.29. The Morgan fingerprint density at radius 3 is 3.00 bits per heavy atom. The zero-order valence-electron chi connectivity index (χ0n) is 7.29. The molecule has 0 aliphatic carbocycles. The summed E-state index contributed by atoms with van der Waals surface area (Å²) >= 11 is 0. The summed E-state index contributed by atoms with van der Waals surface area (Å²) in [4.78, 5) is 10.6. The lowest BCUT2D eigenvalue weighted by Gasteiger charge is -2.33. The highest BCUT2D eigenvalue weighted by atomic mass is 16.5. The highest BCUT2D eigenvalue weighted by molar-refractivity contribution is 5.81. The lowest BCUT2D eigenvalue weighted by atomic mass is 9.96. The van der Waals surface area contributed by atoms with Crippen LogP contribution in [0, 0.1) is 5.92 Å². The highest BCUT2D eigenvalue weighted by Gasteiger charge is 2.27. The molecule has 1 fully saturated rings. The van der Waals surface area contributed by atoms with Crippen LogP contribution in [0.4, 0.5) is 0 Å². The van der Waals surface area contributed by atoms with E-state index in [1.807, 2.05) is 6.92 Å². The van der Waals surface area contributed by atoms with Gasteiger partial charge < -0.3 is 9.47 Å². The highest BCUT2D eigenvalue weighted by Crippen LogP contribution is 2.22. The maximum atomic E-state index is 10.6. The maximum absolute atomic E-state index is 10.6. The molecule has 0 aromatic heterocycles. The zero-order valence-corrected chi connectivity index (χ0v) is 7.29. The average molecular weight is 170 g/mol. The fourth-order valence-corrected chi connectivity index (χ4v) is 1.11. The molecule has 1 heterocycles. The molecule has 0 aromatic rings. The predicted octanol–water partition coefficient (Wildman–Crippen LogP) is 1.14. The molecule has 68 valence electrons. The van der Waals surface area contributed by atoms with Crippen molar-refractivity contribution < 1.29 is 14.3 Å². The van der Waals surface area contributed by atoms with Gasteiger partial charge in [-0.1, -0.05) is 6.58 Å². The van der Waals surface area contributed by atoms with E-state index in [2.05, 4.69) is 6.58 Å². The zero-order chi connectivity index (χ0) is 8.97. The summed E-state index contributed by atoms with van der Waals surface area (Å²) in [5.41, 5.74) is 0. The van der Waals surface area contributed by atoms with Crippen molar-refractivity contribution in [2.75, 3.05) is 13.2 Å². The van der Waals surface area contributed by atoms with Gasteiger partial charge in [0.2, 0.25) is 0 Å². The van der Waals surface area contributed by atoms with Crippen molar-refractivity contribution in [3.8, 4) is 0 Å². The average Bonchev–Trinajstić information content (AvgIpc) is 2.09. The van der Waals surface area contributed by atoms with E-state index in [0.29, 0.717) is 18.6 Å². The summed E-state index contributed by atoms with van der Waals surface area (Å²) in [5.74, 6) is 0.213. The van der Waals surface area contributed by atoms with Crippen LogP contribution in [0.25, 0.3) is 0 Å². The second-order valence-corrected chi connectivity index (χ2v) is 2.96. The molecule has 0 bridgehead atoms. The first-order valence-electron chi connectivity index (χ1n) is 4.15. The number of ether oxygens (including phenoxy) is 2. The van der Waals surface area contributed by atoms with E-state index >= 15 is 0 Å². The summed E-state index contributed by atoms with van der Waals surface area (Å²) in [7, 11) is 0.